The first-order chi connectivity index (χ1) is 14.6. The number of hydrogen-bond acceptors (Lipinski definition) is 6. The fourth-order valence-corrected chi connectivity index (χ4v) is 4.16. The van der Waals surface area contributed by atoms with E-state index in [0.717, 1.165) is 29.1 Å². The van der Waals surface area contributed by atoms with Crippen LogP contribution in [0.25, 0.3) is 11.3 Å². The lowest BCUT2D eigenvalue weighted by Gasteiger charge is -2.33. The fourth-order valence-electron chi connectivity index (χ4n) is 4.16. The molecule has 0 radical (unpaired) electrons. The van der Waals surface area contributed by atoms with Crippen LogP contribution in [0.3, 0.4) is 0 Å². The molecule has 3 atom stereocenters. The molecule has 0 saturated heterocycles. The molecule has 0 unspecified atom stereocenters. The van der Waals surface area contributed by atoms with Gasteiger partial charge in [0.15, 0.2) is 0 Å². The minimum Gasteiger partial charge on any atom is -0.481 e. The molecular formula is C23H30FN3O4. The molecule has 7 nitrogen and oxygen atoms in total. The summed E-state index contributed by atoms with van der Waals surface area (Å²) in [6.07, 6.45) is -2.41. The molecule has 8 heteroatoms. The minimum absolute atomic E-state index is 0.109. The van der Waals surface area contributed by atoms with Gasteiger partial charge in [-0.1, -0.05) is 13.8 Å². The maximum atomic E-state index is 14.2. The highest BCUT2D eigenvalue weighted by atomic mass is 19.1. The minimum atomic E-state index is -1.19. The Morgan fingerprint density at radius 2 is 2.00 bits per heavy atom. The van der Waals surface area contributed by atoms with Crippen molar-refractivity contribution < 1.29 is 24.5 Å². The van der Waals surface area contributed by atoms with Crippen LogP contribution in [0, 0.1) is 5.82 Å². The van der Waals surface area contributed by atoms with Gasteiger partial charge in [-0.2, -0.15) is 0 Å². The summed E-state index contributed by atoms with van der Waals surface area (Å²) in [5, 5.41) is 29.9. The molecule has 3 rings (SSSR count). The maximum absolute atomic E-state index is 14.2. The third kappa shape index (κ3) is 4.85. The first-order valence-electron chi connectivity index (χ1n) is 10.6. The molecule has 168 valence electrons. The van der Waals surface area contributed by atoms with Gasteiger partial charge in [0, 0.05) is 37.1 Å². The number of halogens is 1. The zero-order valence-electron chi connectivity index (χ0n) is 18.3. The lowest BCUT2D eigenvalue weighted by Crippen LogP contribution is -2.30. The van der Waals surface area contributed by atoms with Gasteiger partial charge in [0.25, 0.3) is 0 Å². The molecule has 1 aliphatic rings. The maximum Gasteiger partial charge on any atom is 0.305 e. The van der Waals surface area contributed by atoms with Crippen molar-refractivity contribution >= 4 is 11.9 Å². The number of aliphatic carboxylic acids is 1. The van der Waals surface area contributed by atoms with E-state index in [2.05, 4.69) is 0 Å². The second-order valence-corrected chi connectivity index (χ2v) is 8.50. The number of aliphatic hydroxyl groups excluding tert-OH is 2. The largest absolute Gasteiger partial charge is 0.481 e. The molecule has 0 spiro atoms. The van der Waals surface area contributed by atoms with Gasteiger partial charge in [-0.25, -0.2) is 14.4 Å². The van der Waals surface area contributed by atoms with Crippen molar-refractivity contribution in [1.82, 2.24) is 9.97 Å². The molecule has 0 aliphatic heterocycles. The highest BCUT2D eigenvalue weighted by molar-refractivity contribution is 5.73. The Hall–Kier alpha value is -2.58. The second-order valence-electron chi connectivity index (χ2n) is 8.50. The summed E-state index contributed by atoms with van der Waals surface area (Å²) in [6, 6.07) is 4.44. The number of carbonyl (C=O) groups is 1. The molecule has 0 amide bonds. The van der Waals surface area contributed by atoms with Crippen molar-refractivity contribution in [3.8, 4) is 11.3 Å². The molecule has 0 saturated carbocycles. The lowest BCUT2D eigenvalue weighted by atomic mass is 9.75. The summed E-state index contributed by atoms with van der Waals surface area (Å²) in [5.41, 5.74) is 3.85. The van der Waals surface area contributed by atoms with Crippen LogP contribution in [0.1, 0.15) is 62.3 Å². The summed E-state index contributed by atoms with van der Waals surface area (Å²) in [4.78, 5) is 22.4. The molecule has 3 N–H and O–H groups in total. The average molecular weight is 432 g/mol. The van der Waals surface area contributed by atoms with Crippen LogP contribution in [0.15, 0.2) is 18.2 Å². The van der Waals surface area contributed by atoms with E-state index in [9.17, 15) is 19.4 Å². The summed E-state index contributed by atoms with van der Waals surface area (Å²) >= 11 is 0. The molecule has 1 heterocycles. The van der Waals surface area contributed by atoms with E-state index in [4.69, 9.17) is 15.1 Å². The van der Waals surface area contributed by atoms with Crippen molar-refractivity contribution in [2.45, 2.75) is 64.1 Å². The smallest absolute Gasteiger partial charge is 0.305 e. The van der Waals surface area contributed by atoms with Crippen LogP contribution in [0.2, 0.25) is 0 Å². The predicted octanol–water partition coefficient (Wildman–Crippen LogP) is 3.09. The van der Waals surface area contributed by atoms with E-state index in [0.29, 0.717) is 17.9 Å². The van der Waals surface area contributed by atoms with Crippen LogP contribution in [-0.4, -0.2) is 57.1 Å². The third-order valence-electron chi connectivity index (χ3n) is 5.87. The van der Waals surface area contributed by atoms with Crippen LogP contribution in [-0.2, 0) is 11.2 Å². The Kier molecular flexibility index (Phi) is 6.91. The van der Waals surface area contributed by atoms with Crippen molar-refractivity contribution in [1.29, 1.82) is 0 Å². The average Bonchev–Trinajstić information content (AvgIpc) is 2.70. The molecule has 1 aromatic heterocycles. The Labute approximate surface area is 181 Å². The second kappa shape index (κ2) is 9.28. The van der Waals surface area contributed by atoms with Gasteiger partial charge in [-0.3, -0.25) is 4.79 Å². The van der Waals surface area contributed by atoms with Crippen molar-refractivity contribution in [3.05, 3.63) is 40.8 Å². The zero-order chi connectivity index (χ0) is 22.9. The topological polar surface area (TPSA) is 107 Å². The van der Waals surface area contributed by atoms with Gasteiger partial charge >= 0.3 is 5.97 Å². The number of benzene rings is 1. The van der Waals surface area contributed by atoms with Crippen LogP contribution < -0.4 is 4.90 Å². The first kappa shape index (κ1) is 23.1. The van der Waals surface area contributed by atoms with Crippen LogP contribution in [0.5, 0.6) is 0 Å². The number of carboxylic acid groups (broad SMARTS) is 1. The number of hydrogen-bond donors (Lipinski definition) is 3. The fraction of sp³-hybridized carbons (Fsp3) is 0.522. The predicted molar refractivity (Wildman–Crippen MR) is 116 cm³/mol. The number of fused-ring (bicyclic) bond motifs is 3. The van der Waals surface area contributed by atoms with Gasteiger partial charge in [0.2, 0.25) is 5.95 Å². The van der Waals surface area contributed by atoms with Gasteiger partial charge in [-0.15, -0.1) is 0 Å². The molecule has 0 bridgehead atoms. The van der Waals surface area contributed by atoms with Crippen molar-refractivity contribution in [2.75, 3.05) is 18.5 Å². The highest BCUT2D eigenvalue weighted by Gasteiger charge is 2.35. The van der Waals surface area contributed by atoms with Gasteiger partial charge < -0.3 is 20.2 Å². The molecule has 2 aromatic rings. The zero-order valence-corrected chi connectivity index (χ0v) is 18.3. The molecule has 0 fully saturated rings. The quantitative estimate of drug-likeness (QED) is 0.590. The summed E-state index contributed by atoms with van der Waals surface area (Å²) in [7, 11) is 1.91. The van der Waals surface area contributed by atoms with Crippen LogP contribution in [0.4, 0.5) is 10.3 Å². The summed E-state index contributed by atoms with van der Waals surface area (Å²) in [6.45, 7) is 6.83. The van der Waals surface area contributed by atoms with Gasteiger partial charge in [0.05, 0.1) is 30.0 Å². The van der Waals surface area contributed by atoms with Gasteiger partial charge in [0.1, 0.15) is 5.82 Å². The summed E-state index contributed by atoms with van der Waals surface area (Å²) < 4.78 is 14.2. The van der Waals surface area contributed by atoms with E-state index >= 15 is 0 Å². The van der Waals surface area contributed by atoms with Crippen molar-refractivity contribution in [3.63, 3.8) is 0 Å². The highest BCUT2D eigenvalue weighted by Crippen LogP contribution is 2.44. The molecule has 1 aliphatic carbocycles. The Morgan fingerprint density at radius 3 is 2.61 bits per heavy atom. The number of aromatic nitrogens is 2. The molecule has 1 aromatic carbocycles. The summed E-state index contributed by atoms with van der Waals surface area (Å²) in [5.74, 6) is -1.36. The first-order valence-corrected chi connectivity index (χ1v) is 10.6. The monoisotopic (exact) mass is 431 g/mol. The Morgan fingerprint density at radius 1 is 1.29 bits per heavy atom. The number of aliphatic hydroxyl groups is 2. The number of rotatable bonds is 8. The Balaban J connectivity index is 2.10. The molecular weight excluding hydrogens is 401 g/mol. The third-order valence-corrected chi connectivity index (χ3v) is 5.87. The number of carboxylic acids is 1. The normalized spacial score (nSPS) is 17.1. The molecule has 31 heavy (non-hydrogen) atoms. The van der Waals surface area contributed by atoms with E-state index in [1.165, 1.54) is 12.1 Å². The van der Waals surface area contributed by atoms with Crippen molar-refractivity contribution in [2.24, 2.45) is 0 Å². The lowest BCUT2D eigenvalue weighted by molar-refractivity contribution is -0.139. The standard InChI is InChI=1S/C23H30FN3O4/c1-5-27(4)23-25-21(12(2)3)18-11-17(19(29)9-14(28)10-20(30)31)16-8-13(24)6-7-15(16)22(18)26-23/h6-8,12,14,17,19,28-29H,5,9-11H2,1-4H3,(H,30,31)/t14-,17+,19+/m1/s1. The van der Waals surface area contributed by atoms with E-state index in [1.54, 1.807) is 6.07 Å². The van der Waals surface area contributed by atoms with E-state index in [1.807, 2.05) is 32.7 Å². The SMILES string of the molecule is CCN(C)c1nc2c(c(C(C)C)n1)C[C@H]([C@@H](O)C[C@@H](O)CC(=O)O)c1cc(F)ccc1-2. The number of anilines is 1. The Bertz CT molecular complexity index is 966. The van der Waals surface area contributed by atoms with E-state index < -0.39 is 36.3 Å². The van der Waals surface area contributed by atoms with Crippen LogP contribution >= 0.6 is 0 Å². The van der Waals surface area contributed by atoms with E-state index in [-0.39, 0.29) is 12.3 Å². The van der Waals surface area contributed by atoms with Gasteiger partial charge in [-0.05, 0) is 43.0 Å². The number of nitrogens with zero attached hydrogens (tertiary/aromatic N) is 3.